The van der Waals surface area contributed by atoms with Crippen molar-refractivity contribution in [1.29, 1.82) is 0 Å². The van der Waals surface area contributed by atoms with Gasteiger partial charge in [-0.1, -0.05) is 43.5 Å². The zero-order valence-electron chi connectivity index (χ0n) is 16.3. The summed E-state index contributed by atoms with van der Waals surface area (Å²) in [5.74, 6) is 0.477. The number of benzene rings is 2. The van der Waals surface area contributed by atoms with Crippen LogP contribution in [0.4, 0.5) is 0 Å². The second kappa shape index (κ2) is 6.48. The molecule has 0 N–H and O–H groups in total. The SMILES string of the molecule is C=C(C)C(=O)Oc1c2c(c(OC(=O)C(=C)C)c3c(C)cccc13)C1C=CC2C1. The van der Waals surface area contributed by atoms with Crippen LogP contribution in [0.2, 0.25) is 0 Å². The van der Waals surface area contributed by atoms with E-state index in [0.717, 1.165) is 33.9 Å². The lowest BCUT2D eigenvalue weighted by Gasteiger charge is -2.23. The van der Waals surface area contributed by atoms with E-state index in [2.05, 4.69) is 25.3 Å². The first-order valence-corrected chi connectivity index (χ1v) is 9.32. The van der Waals surface area contributed by atoms with Crippen LogP contribution in [0.5, 0.6) is 11.5 Å². The maximum Gasteiger partial charge on any atom is 0.338 e. The highest BCUT2D eigenvalue weighted by Crippen LogP contribution is 2.58. The van der Waals surface area contributed by atoms with E-state index < -0.39 is 11.9 Å². The third kappa shape index (κ3) is 2.68. The number of hydrogen-bond acceptors (Lipinski definition) is 4. The lowest BCUT2D eigenvalue weighted by atomic mass is 9.89. The quantitative estimate of drug-likeness (QED) is 0.317. The number of ether oxygens (including phenoxy) is 2. The molecule has 0 aromatic heterocycles. The molecule has 0 saturated carbocycles. The Labute approximate surface area is 164 Å². The van der Waals surface area contributed by atoms with Crippen LogP contribution in [0.3, 0.4) is 0 Å². The van der Waals surface area contributed by atoms with Gasteiger partial charge in [0.05, 0.1) is 0 Å². The van der Waals surface area contributed by atoms with Crippen molar-refractivity contribution < 1.29 is 19.1 Å². The van der Waals surface area contributed by atoms with Crippen molar-refractivity contribution in [2.24, 2.45) is 0 Å². The van der Waals surface area contributed by atoms with Gasteiger partial charge in [-0.3, -0.25) is 0 Å². The Balaban J connectivity index is 2.04. The van der Waals surface area contributed by atoms with Gasteiger partial charge in [-0.25, -0.2) is 9.59 Å². The highest BCUT2D eigenvalue weighted by molar-refractivity contribution is 6.03. The monoisotopic (exact) mass is 374 g/mol. The first-order chi connectivity index (χ1) is 13.3. The van der Waals surface area contributed by atoms with Crippen LogP contribution < -0.4 is 9.47 Å². The Morgan fingerprint density at radius 2 is 1.46 bits per heavy atom. The molecule has 4 nitrogen and oxygen atoms in total. The van der Waals surface area contributed by atoms with E-state index in [0.29, 0.717) is 22.6 Å². The molecule has 0 heterocycles. The molecule has 2 bridgehead atoms. The number of carbonyl (C=O) groups excluding carboxylic acids is 2. The molecule has 0 saturated heterocycles. The largest absolute Gasteiger partial charge is 0.422 e. The number of rotatable bonds is 4. The number of allylic oxidation sites excluding steroid dienone is 2. The average molecular weight is 374 g/mol. The first kappa shape index (κ1) is 18.2. The lowest BCUT2D eigenvalue weighted by Crippen LogP contribution is -2.14. The summed E-state index contributed by atoms with van der Waals surface area (Å²) >= 11 is 0. The number of hydrogen-bond donors (Lipinski definition) is 0. The molecule has 2 atom stereocenters. The number of aryl methyl sites for hydroxylation is 1. The predicted octanol–water partition coefficient (Wildman–Crippen LogP) is 5.25. The summed E-state index contributed by atoms with van der Waals surface area (Å²) in [7, 11) is 0. The Hall–Kier alpha value is -3.14. The van der Waals surface area contributed by atoms with E-state index in [1.807, 2.05) is 25.1 Å². The van der Waals surface area contributed by atoms with Gasteiger partial charge in [-0.15, -0.1) is 0 Å². The second-order valence-electron chi connectivity index (χ2n) is 7.66. The predicted molar refractivity (Wildman–Crippen MR) is 109 cm³/mol. The van der Waals surface area contributed by atoms with Crippen LogP contribution in [0.1, 0.15) is 48.8 Å². The molecular formula is C24H22O4. The van der Waals surface area contributed by atoms with Gasteiger partial charge in [0.2, 0.25) is 0 Å². The number of carbonyl (C=O) groups is 2. The maximum atomic E-state index is 12.4. The van der Waals surface area contributed by atoms with Crippen LogP contribution in [-0.2, 0) is 9.59 Å². The zero-order chi connectivity index (χ0) is 20.2. The van der Waals surface area contributed by atoms with Crippen LogP contribution >= 0.6 is 0 Å². The standard InChI is InChI=1S/C24H22O4/c1-12(2)23(25)27-21-17-8-6-7-14(5)18(17)22(28-24(26)13(3)4)20-16-10-9-15(11-16)19(20)21/h6-10,15-16H,1,3,11H2,2,4-5H3. The molecule has 2 aromatic rings. The highest BCUT2D eigenvalue weighted by Gasteiger charge is 2.41. The summed E-state index contributed by atoms with van der Waals surface area (Å²) < 4.78 is 11.7. The summed E-state index contributed by atoms with van der Waals surface area (Å²) in [5, 5.41) is 1.56. The minimum absolute atomic E-state index is 0.138. The minimum Gasteiger partial charge on any atom is -0.422 e. The van der Waals surface area contributed by atoms with E-state index in [4.69, 9.17) is 9.47 Å². The van der Waals surface area contributed by atoms with Crippen molar-refractivity contribution in [2.45, 2.75) is 39.0 Å². The molecule has 4 heteroatoms. The lowest BCUT2D eigenvalue weighted by molar-refractivity contribution is -0.131. The van der Waals surface area contributed by atoms with Crippen molar-refractivity contribution in [3.8, 4) is 11.5 Å². The van der Waals surface area contributed by atoms with Crippen molar-refractivity contribution in [1.82, 2.24) is 0 Å². The molecule has 0 aliphatic heterocycles. The fraction of sp³-hybridized carbons (Fsp3) is 0.250. The molecular weight excluding hydrogens is 352 g/mol. The third-order valence-corrected chi connectivity index (χ3v) is 5.44. The minimum atomic E-state index is -0.455. The number of esters is 2. The second-order valence-corrected chi connectivity index (χ2v) is 7.66. The summed E-state index contributed by atoms with van der Waals surface area (Å²) in [6.07, 6.45) is 5.16. The van der Waals surface area contributed by atoms with Gasteiger partial charge >= 0.3 is 11.9 Å². The molecule has 2 aliphatic rings. The molecule has 2 unspecified atom stereocenters. The Bertz CT molecular complexity index is 1100. The fourth-order valence-corrected chi connectivity index (χ4v) is 4.12. The maximum absolute atomic E-state index is 12.4. The van der Waals surface area contributed by atoms with Gasteiger partial charge in [0.15, 0.2) is 0 Å². The topological polar surface area (TPSA) is 52.6 Å². The van der Waals surface area contributed by atoms with Gasteiger partial charge in [-0.2, -0.15) is 0 Å². The average Bonchev–Trinajstić information content (AvgIpc) is 3.25. The van der Waals surface area contributed by atoms with Crippen molar-refractivity contribution in [2.75, 3.05) is 0 Å². The van der Waals surface area contributed by atoms with Crippen molar-refractivity contribution >= 4 is 22.7 Å². The first-order valence-electron chi connectivity index (χ1n) is 9.32. The van der Waals surface area contributed by atoms with E-state index in [1.165, 1.54) is 0 Å². The molecule has 0 fully saturated rings. The van der Waals surface area contributed by atoms with Gasteiger partial charge in [0, 0.05) is 44.9 Å². The Morgan fingerprint density at radius 1 is 0.929 bits per heavy atom. The van der Waals surface area contributed by atoms with Crippen LogP contribution in [-0.4, -0.2) is 11.9 Å². The smallest absolute Gasteiger partial charge is 0.338 e. The molecule has 2 aromatic carbocycles. The van der Waals surface area contributed by atoms with Crippen molar-refractivity contribution in [3.05, 3.63) is 71.3 Å². The fourth-order valence-electron chi connectivity index (χ4n) is 4.12. The Kier molecular flexibility index (Phi) is 4.22. The van der Waals surface area contributed by atoms with Crippen LogP contribution in [0.25, 0.3) is 10.8 Å². The summed E-state index contributed by atoms with van der Waals surface area (Å²) in [4.78, 5) is 24.8. The molecule has 4 rings (SSSR count). The molecule has 2 aliphatic carbocycles. The summed E-state index contributed by atoms with van der Waals surface area (Å²) in [5.41, 5.74) is 3.50. The van der Waals surface area contributed by atoms with E-state index >= 15 is 0 Å². The van der Waals surface area contributed by atoms with Crippen molar-refractivity contribution in [3.63, 3.8) is 0 Å². The van der Waals surface area contributed by atoms with Gasteiger partial charge < -0.3 is 9.47 Å². The van der Waals surface area contributed by atoms with E-state index in [-0.39, 0.29) is 11.8 Å². The number of fused-ring (bicyclic) bond motifs is 6. The van der Waals surface area contributed by atoms with Crippen LogP contribution in [0, 0.1) is 6.92 Å². The normalized spacial score (nSPS) is 18.8. The van der Waals surface area contributed by atoms with Gasteiger partial charge in [0.25, 0.3) is 0 Å². The third-order valence-electron chi connectivity index (χ3n) is 5.44. The molecule has 0 radical (unpaired) electrons. The van der Waals surface area contributed by atoms with E-state index in [9.17, 15) is 9.59 Å². The zero-order valence-corrected chi connectivity index (χ0v) is 16.3. The van der Waals surface area contributed by atoms with Gasteiger partial charge in [0.1, 0.15) is 11.5 Å². The Morgan fingerprint density at radius 3 is 2.04 bits per heavy atom. The highest BCUT2D eigenvalue weighted by atomic mass is 16.5. The molecule has 0 spiro atoms. The van der Waals surface area contributed by atoms with E-state index in [1.54, 1.807) is 13.8 Å². The van der Waals surface area contributed by atoms with Crippen LogP contribution in [0.15, 0.2) is 54.7 Å². The van der Waals surface area contributed by atoms with Gasteiger partial charge in [-0.05, 0) is 32.8 Å². The summed E-state index contributed by atoms with van der Waals surface area (Å²) in [6.45, 7) is 12.6. The molecule has 0 amide bonds. The molecule has 28 heavy (non-hydrogen) atoms. The summed E-state index contributed by atoms with van der Waals surface area (Å²) in [6, 6.07) is 5.77. The molecule has 142 valence electrons.